The number of aryl methyl sites for hydroxylation is 1. The highest BCUT2D eigenvalue weighted by Crippen LogP contribution is 2.30. The van der Waals surface area contributed by atoms with Crippen LogP contribution in [-0.4, -0.2) is 10.9 Å². The summed E-state index contributed by atoms with van der Waals surface area (Å²) in [5, 5.41) is 3.38. The van der Waals surface area contributed by atoms with Crippen molar-refractivity contribution in [2.24, 2.45) is 0 Å². The van der Waals surface area contributed by atoms with Gasteiger partial charge in [-0.15, -0.1) is 0 Å². The van der Waals surface area contributed by atoms with Crippen LogP contribution in [-0.2, 0) is 13.0 Å². The number of amides is 1. The number of aromatic amines is 1. The number of halogens is 2. The van der Waals surface area contributed by atoms with Crippen LogP contribution in [0.3, 0.4) is 0 Å². The minimum atomic E-state index is -0.363. The number of hydrogen-bond acceptors (Lipinski definition) is 1. The lowest BCUT2D eigenvalue weighted by Crippen LogP contribution is -2.23. The van der Waals surface area contributed by atoms with E-state index in [1.54, 1.807) is 18.2 Å². The molecule has 0 unspecified atom stereocenters. The summed E-state index contributed by atoms with van der Waals surface area (Å²) in [4.78, 5) is 15.7. The van der Waals surface area contributed by atoms with Crippen molar-refractivity contribution >= 4 is 16.8 Å². The topological polar surface area (TPSA) is 44.9 Å². The third-order valence-corrected chi connectivity index (χ3v) is 4.95. The lowest BCUT2D eigenvalue weighted by Gasteiger charge is -2.06. The van der Waals surface area contributed by atoms with Crippen LogP contribution < -0.4 is 5.32 Å². The second-order valence-electron chi connectivity index (χ2n) is 6.96. The number of H-pyrrole nitrogens is 1. The van der Waals surface area contributed by atoms with Gasteiger partial charge in [0.05, 0.1) is 5.52 Å². The van der Waals surface area contributed by atoms with E-state index in [9.17, 15) is 13.6 Å². The van der Waals surface area contributed by atoms with Gasteiger partial charge in [0.2, 0.25) is 0 Å². The van der Waals surface area contributed by atoms with Gasteiger partial charge in [0.25, 0.3) is 5.91 Å². The number of nitrogens with one attached hydrogen (secondary N) is 2. The Kier molecular flexibility index (Phi) is 5.12. The fourth-order valence-corrected chi connectivity index (χ4v) is 3.40. The first kappa shape index (κ1) is 18.9. The molecule has 0 aliphatic rings. The molecule has 29 heavy (non-hydrogen) atoms. The highest BCUT2D eigenvalue weighted by atomic mass is 19.1. The highest BCUT2D eigenvalue weighted by Gasteiger charge is 2.14. The van der Waals surface area contributed by atoms with Crippen molar-refractivity contribution in [3.05, 3.63) is 95.2 Å². The highest BCUT2D eigenvalue weighted by molar-refractivity contribution is 6.02. The molecule has 4 rings (SSSR count). The van der Waals surface area contributed by atoms with Gasteiger partial charge in [0.1, 0.15) is 17.3 Å². The van der Waals surface area contributed by atoms with E-state index in [1.807, 2.05) is 24.3 Å². The number of aromatic nitrogens is 1. The van der Waals surface area contributed by atoms with Crippen molar-refractivity contribution in [1.29, 1.82) is 0 Å². The number of fused-ring (bicyclic) bond motifs is 1. The largest absolute Gasteiger partial charge is 0.350 e. The van der Waals surface area contributed by atoms with E-state index in [1.165, 1.54) is 29.8 Å². The lowest BCUT2D eigenvalue weighted by molar-refractivity contribution is 0.0946. The summed E-state index contributed by atoms with van der Waals surface area (Å²) >= 11 is 0. The minimum Gasteiger partial charge on any atom is -0.350 e. The summed E-state index contributed by atoms with van der Waals surface area (Å²) in [5.74, 6) is -1.05. The van der Waals surface area contributed by atoms with Crippen molar-refractivity contribution in [1.82, 2.24) is 10.3 Å². The van der Waals surface area contributed by atoms with E-state index in [2.05, 4.69) is 17.2 Å². The van der Waals surface area contributed by atoms with Crippen LogP contribution >= 0.6 is 0 Å². The average Bonchev–Trinajstić information content (AvgIpc) is 3.15. The zero-order chi connectivity index (χ0) is 20.4. The molecule has 5 heteroatoms. The molecule has 1 heterocycles. The zero-order valence-corrected chi connectivity index (χ0v) is 15.9. The number of benzene rings is 3. The second kappa shape index (κ2) is 7.87. The summed E-state index contributed by atoms with van der Waals surface area (Å²) in [7, 11) is 0. The molecule has 0 fully saturated rings. The van der Waals surface area contributed by atoms with E-state index < -0.39 is 0 Å². The van der Waals surface area contributed by atoms with Crippen molar-refractivity contribution in [3.8, 4) is 11.1 Å². The molecule has 0 radical (unpaired) electrons. The van der Waals surface area contributed by atoms with E-state index in [0.717, 1.165) is 12.0 Å². The summed E-state index contributed by atoms with van der Waals surface area (Å²) in [6, 6.07) is 18.5. The lowest BCUT2D eigenvalue weighted by atomic mass is 10.0. The first-order valence-electron chi connectivity index (χ1n) is 9.47. The molecule has 0 bridgehead atoms. The molecule has 2 N–H and O–H groups in total. The Hall–Kier alpha value is -3.47. The van der Waals surface area contributed by atoms with Crippen LogP contribution in [0.5, 0.6) is 0 Å². The van der Waals surface area contributed by atoms with Crippen LogP contribution in [0.4, 0.5) is 8.78 Å². The SMILES string of the molecule is CCc1ccc(-c2cc(F)cc3cc(C(=O)NCc4cccc(F)c4)[nH]c23)cc1. The van der Waals surface area contributed by atoms with Gasteiger partial charge in [-0.25, -0.2) is 8.78 Å². The van der Waals surface area contributed by atoms with Gasteiger partial charge in [-0.2, -0.15) is 0 Å². The Morgan fingerprint density at radius 2 is 1.72 bits per heavy atom. The van der Waals surface area contributed by atoms with Crippen LogP contribution in [0.15, 0.2) is 66.7 Å². The third kappa shape index (κ3) is 4.04. The molecule has 0 spiro atoms. The first-order chi connectivity index (χ1) is 14.0. The average molecular weight is 390 g/mol. The Labute approximate surface area is 167 Å². The van der Waals surface area contributed by atoms with Gasteiger partial charge in [-0.05, 0) is 53.4 Å². The smallest absolute Gasteiger partial charge is 0.267 e. The van der Waals surface area contributed by atoms with Gasteiger partial charge >= 0.3 is 0 Å². The van der Waals surface area contributed by atoms with Crippen molar-refractivity contribution < 1.29 is 13.6 Å². The fourth-order valence-electron chi connectivity index (χ4n) is 3.40. The Bertz CT molecular complexity index is 1180. The van der Waals surface area contributed by atoms with Gasteiger partial charge in [-0.3, -0.25) is 4.79 Å². The van der Waals surface area contributed by atoms with Gasteiger partial charge in [0.15, 0.2) is 0 Å². The van der Waals surface area contributed by atoms with Crippen molar-refractivity contribution in [2.45, 2.75) is 19.9 Å². The van der Waals surface area contributed by atoms with E-state index in [0.29, 0.717) is 27.7 Å². The predicted molar refractivity (Wildman–Crippen MR) is 111 cm³/mol. The maximum atomic E-state index is 14.2. The van der Waals surface area contributed by atoms with Crippen molar-refractivity contribution in [3.63, 3.8) is 0 Å². The Morgan fingerprint density at radius 1 is 0.931 bits per heavy atom. The van der Waals surface area contributed by atoms with Crippen LogP contribution in [0.25, 0.3) is 22.0 Å². The first-order valence-corrected chi connectivity index (χ1v) is 9.47. The van der Waals surface area contributed by atoms with Gasteiger partial charge in [-0.1, -0.05) is 43.3 Å². The summed E-state index contributed by atoms with van der Waals surface area (Å²) in [6.45, 7) is 2.28. The molecule has 0 aliphatic carbocycles. The van der Waals surface area contributed by atoms with E-state index >= 15 is 0 Å². The molecular weight excluding hydrogens is 370 g/mol. The molecule has 1 amide bonds. The molecule has 1 aromatic heterocycles. The molecule has 0 saturated carbocycles. The summed E-state index contributed by atoms with van der Waals surface area (Å²) < 4.78 is 27.5. The monoisotopic (exact) mass is 390 g/mol. The number of carbonyl (C=O) groups excluding carboxylic acids is 1. The maximum absolute atomic E-state index is 14.2. The molecule has 3 nitrogen and oxygen atoms in total. The number of hydrogen-bond donors (Lipinski definition) is 2. The van der Waals surface area contributed by atoms with Crippen LogP contribution in [0.2, 0.25) is 0 Å². The number of carbonyl (C=O) groups is 1. The zero-order valence-electron chi connectivity index (χ0n) is 15.9. The van der Waals surface area contributed by atoms with Gasteiger partial charge in [0, 0.05) is 17.5 Å². The predicted octanol–water partition coefficient (Wildman–Crippen LogP) is 5.61. The molecule has 146 valence electrons. The molecule has 0 saturated heterocycles. The molecule has 0 aliphatic heterocycles. The fraction of sp³-hybridized carbons (Fsp3) is 0.125. The molecule has 3 aromatic carbocycles. The summed E-state index contributed by atoms with van der Waals surface area (Å²) in [6.07, 6.45) is 0.928. The quantitative estimate of drug-likeness (QED) is 0.457. The Morgan fingerprint density at radius 3 is 2.45 bits per heavy atom. The third-order valence-electron chi connectivity index (χ3n) is 4.95. The van der Waals surface area contributed by atoms with E-state index in [4.69, 9.17) is 0 Å². The molecule has 4 aromatic rings. The van der Waals surface area contributed by atoms with Crippen molar-refractivity contribution in [2.75, 3.05) is 0 Å². The number of rotatable bonds is 5. The Balaban J connectivity index is 1.63. The molecular formula is C24H20F2N2O. The second-order valence-corrected chi connectivity index (χ2v) is 6.96. The standard InChI is InChI=1S/C24H20F2N2O/c1-2-15-6-8-17(9-7-15)21-13-20(26)11-18-12-22(28-23(18)21)24(29)27-14-16-4-3-5-19(25)10-16/h3-13,28H,2,14H2,1H3,(H,27,29). The van der Waals surface area contributed by atoms with Gasteiger partial charge < -0.3 is 10.3 Å². The summed E-state index contributed by atoms with van der Waals surface area (Å²) in [5.41, 5.74) is 4.47. The van der Waals surface area contributed by atoms with Crippen LogP contribution in [0.1, 0.15) is 28.5 Å². The normalized spacial score (nSPS) is 11.0. The van der Waals surface area contributed by atoms with E-state index in [-0.39, 0.29) is 24.1 Å². The van der Waals surface area contributed by atoms with Crippen LogP contribution in [0, 0.1) is 11.6 Å². The maximum Gasteiger partial charge on any atom is 0.267 e. The minimum absolute atomic E-state index is 0.200. The molecule has 0 atom stereocenters.